The molecular weight excluding hydrogens is 281 g/mol. The van der Waals surface area contributed by atoms with E-state index in [0.29, 0.717) is 10.6 Å². The SMILES string of the molecule is C=C/C([CH2-])=C(/Cl)C=C.CCC(=N)C1=[C-]CCCC1.[K+]. The average molecular weight is 303 g/mol. The van der Waals surface area contributed by atoms with E-state index in [2.05, 4.69) is 26.2 Å². The van der Waals surface area contributed by atoms with Gasteiger partial charge in [0.1, 0.15) is 0 Å². The predicted octanol–water partition coefficient (Wildman–Crippen LogP) is 2.41. The maximum atomic E-state index is 7.53. The third-order valence-corrected chi connectivity index (χ3v) is 3.04. The van der Waals surface area contributed by atoms with E-state index < -0.39 is 0 Å². The van der Waals surface area contributed by atoms with Crippen LogP contribution in [0.25, 0.3) is 0 Å². The molecule has 3 heteroatoms. The fraction of sp³-hybridized carbons (Fsp3) is 0.375. The topological polar surface area (TPSA) is 23.9 Å². The Labute approximate surface area is 165 Å². The Morgan fingerprint density at radius 3 is 2.37 bits per heavy atom. The second-order valence-corrected chi connectivity index (χ2v) is 4.38. The van der Waals surface area contributed by atoms with E-state index in [1.54, 1.807) is 6.08 Å². The summed E-state index contributed by atoms with van der Waals surface area (Å²) in [6, 6.07) is 0. The van der Waals surface area contributed by atoms with Gasteiger partial charge in [0.15, 0.2) is 0 Å². The summed E-state index contributed by atoms with van der Waals surface area (Å²) >= 11 is 5.54. The van der Waals surface area contributed by atoms with Gasteiger partial charge in [0, 0.05) is 0 Å². The number of hydrogen-bond acceptors (Lipinski definition) is 1. The van der Waals surface area contributed by atoms with Gasteiger partial charge >= 0.3 is 51.4 Å². The summed E-state index contributed by atoms with van der Waals surface area (Å²) in [7, 11) is 0. The fourth-order valence-electron chi connectivity index (χ4n) is 1.45. The van der Waals surface area contributed by atoms with Crippen LogP contribution in [0.2, 0.25) is 0 Å². The summed E-state index contributed by atoms with van der Waals surface area (Å²) in [5.74, 6) is 0. The van der Waals surface area contributed by atoms with E-state index in [0.717, 1.165) is 25.0 Å². The molecule has 1 aliphatic rings. The third-order valence-electron chi connectivity index (χ3n) is 2.64. The van der Waals surface area contributed by atoms with Crippen LogP contribution in [-0.4, -0.2) is 5.71 Å². The smallest absolute Gasteiger partial charge is 0.399 e. The van der Waals surface area contributed by atoms with E-state index in [9.17, 15) is 0 Å². The Morgan fingerprint density at radius 2 is 2.05 bits per heavy atom. The molecule has 0 aliphatic heterocycles. The molecule has 0 spiro atoms. The standard InChI is InChI=1S/C9H14N.C7H8Cl.K/c1-2-9(10)8-6-4-3-5-7-8;1-4-6(3)7(8)5-2;/h10H,2-6H2,1H3;4-5H,1-3H2;/q2*-1;+1/b;7-6+;. The zero-order valence-corrected chi connectivity index (χ0v) is 16.1. The first-order valence-electron chi connectivity index (χ1n) is 6.20. The molecule has 0 unspecified atom stereocenters. The molecule has 0 fully saturated rings. The van der Waals surface area contributed by atoms with Crippen LogP contribution in [-0.2, 0) is 0 Å². The molecule has 0 heterocycles. The Bertz CT molecular complexity index is 351. The van der Waals surface area contributed by atoms with Crippen LogP contribution in [0.15, 0.2) is 41.5 Å². The summed E-state index contributed by atoms with van der Waals surface area (Å²) in [6.45, 7) is 12.5. The summed E-state index contributed by atoms with van der Waals surface area (Å²) < 4.78 is 0. The molecule has 0 amide bonds. The van der Waals surface area contributed by atoms with Gasteiger partial charge in [-0.15, -0.1) is 24.8 Å². The molecule has 0 saturated carbocycles. The summed E-state index contributed by atoms with van der Waals surface area (Å²) in [5, 5.41) is 8.09. The van der Waals surface area contributed by atoms with Crippen LogP contribution in [0.1, 0.15) is 39.0 Å². The number of nitrogens with one attached hydrogen (secondary N) is 1. The minimum absolute atomic E-state index is 0. The fourth-order valence-corrected chi connectivity index (χ4v) is 1.53. The first-order valence-corrected chi connectivity index (χ1v) is 6.58. The van der Waals surface area contributed by atoms with Crippen LogP contribution in [0.5, 0.6) is 0 Å². The molecule has 1 rings (SSSR count). The van der Waals surface area contributed by atoms with Gasteiger partial charge in [-0.1, -0.05) is 37.6 Å². The van der Waals surface area contributed by atoms with Gasteiger partial charge in [-0.05, 0) is 0 Å². The van der Waals surface area contributed by atoms with E-state index in [1.165, 1.54) is 24.5 Å². The molecule has 0 atom stereocenters. The summed E-state index contributed by atoms with van der Waals surface area (Å²) in [6.07, 6.45) is 11.9. The molecule has 0 aromatic carbocycles. The van der Waals surface area contributed by atoms with Crippen LogP contribution in [0, 0.1) is 18.4 Å². The molecular formula is C16H22ClKN-. The van der Waals surface area contributed by atoms with Crippen molar-refractivity contribution in [1.82, 2.24) is 0 Å². The maximum Gasteiger partial charge on any atom is 1.00 e. The third kappa shape index (κ3) is 9.89. The number of halogens is 1. The largest absolute Gasteiger partial charge is 1.00 e. The molecule has 0 bridgehead atoms. The van der Waals surface area contributed by atoms with Crippen molar-refractivity contribution >= 4 is 17.3 Å². The molecule has 0 radical (unpaired) electrons. The van der Waals surface area contributed by atoms with Gasteiger partial charge in [0.2, 0.25) is 0 Å². The minimum Gasteiger partial charge on any atom is -0.399 e. The normalized spacial score (nSPS) is 14.7. The summed E-state index contributed by atoms with van der Waals surface area (Å²) in [5.41, 5.74) is 2.68. The van der Waals surface area contributed by atoms with E-state index in [1.807, 2.05) is 6.92 Å². The van der Waals surface area contributed by atoms with Gasteiger partial charge in [-0.25, -0.2) is 5.57 Å². The van der Waals surface area contributed by atoms with Crippen LogP contribution in [0.4, 0.5) is 0 Å². The Kier molecular flexibility index (Phi) is 15.3. The molecule has 1 aliphatic carbocycles. The Balaban J connectivity index is 0. The quantitative estimate of drug-likeness (QED) is 0.357. The van der Waals surface area contributed by atoms with Crippen molar-refractivity contribution < 1.29 is 51.4 Å². The monoisotopic (exact) mass is 302 g/mol. The van der Waals surface area contributed by atoms with Crippen molar-refractivity contribution in [1.29, 1.82) is 5.41 Å². The van der Waals surface area contributed by atoms with E-state index >= 15 is 0 Å². The van der Waals surface area contributed by atoms with E-state index in [4.69, 9.17) is 17.0 Å². The molecule has 1 nitrogen and oxygen atoms in total. The summed E-state index contributed by atoms with van der Waals surface area (Å²) in [4.78, 5) is 0. The molecule has 1 N–H and O–H groups in total. The van der Waals surface area contributed by atoms with E-state index in [-0.39, 0.29) is 51.4 Å². The van der Waals surface area contributed by atoms with Crippen LogP contribution < -0.4 is 51.4 Å². The number of rotatable bonds is 4. The zero-order chi connectivity index (χ0) is 14.0. The zero-order valence-electron chi connectivity index (χ0n) is 12.2. The van der Waals surface area contributed by atoms with Gasteiger partial charge in [-0.3, -0.25) is 6.08 Å². The number of allylic oxidation sites excluding steroid dienone is 6. The first kappa shape index (κ1) is 21.7. The van der Waals surface area contributed by atoms with Gasteiger partial charge < -0.3 is 5.41 Å². The molecule has 100 valence electrons. The first-order chi connectivity index (χ1) is 8.56. The second kappa shape index (κ2) is 13.4. The average Bonchev–Trinajstić information content (AvgIpc) is 2.46. The van der Waals surface area contributed by atoms with Crippen molar-refractivity contribution in [3.8, 4) is 0 Å². The molecule has 0 aromatic rings. The molecule has 0 aromatic heterocycles. The maximum absolute atomic E-state index is 7.53. The van der Waals surface area contributed by atoms with Crippen LogP contribution in [0.3, 0.4) is 0 Å². The van der Waals surface area contributed by atoms with Crippen LogP contribution >= 0.6 is 11.6 Å². The van der Waals surface area contributed by atoms with Crippen molar-refractivity contribution in [2.45, 2.75) is 39.0 Å². The van der Waals surface area contributed by atoms with Crippen molar-refractivity contribution in [2.24, 2.45) is 0 Å². The van der Waals surface area contributed by atoms with Crippen molar-refractivity contribution in [3.05, 3.63) is 54.5 Å². The Morgan fingerprint density at radius 1 is 1.42 bits per heavy atom. The van der Waals surface area contributed by atoms with Gasteiger partial charge in [0.25, 0.3) is 0 Å². The predicted molar refractivity (Wildman–Crippen MR) is 81.9 cm³/mol. The molecule has 0 saturated heterocycles. The Hall–Kier alpha value is 0.426. The second-order valence-electron chi connectivity index (χ2n) is 3.98. The van der Waals surface area contributed by atoms with Gasteiger partial charge in [-0.2, -0.15) is 36.8 Å². The van der Waals surface area contributed by atoms with Crippen molar-refractivity contribution in [3.63, 3.8) is 0 Å². The minimum atomic E-state index is 0. The van der Waals surface area contributed by atoms with Crippen molar-refractivity contribution in [2.75, 3.05) is 0 Å². The number of hydrogen-bond donors (Lipinski definition) is 1. The molecule has 19 heavy (non-hydrogen) atoms. The van der Waals surface area contributed by atoms with Gasteiger partial charge in [0.05, 0.1) is 0 Å².